The number of amides is 1. The lowest BCUT2D eigenvalue weighted by atomic mass is 10.1. The molecule has 0 saturated heterocycles. The molecule has 0 saturated carbocycles. The molecule has 0 radical (unpaired) electrons. The van der Waals surface area contributed by atoms with E-state index in [0.717, 1.165) is 34.1 Å². The molecule has 0 aliphatic carbocycles. The van der Waals surface area contributed by atoms with Gasteiger partial charge in [0, 0.05) is 29.6 Å². The van der Waals surface area contributed by atoms with Crippen LogP contribution in [0.15, 0.2) is 34.2 Å². The highest BCUT2D eigenvalue weighted by molar-refractivity contribution is 7.99. The Labute approximate surface area is 145 Å². The number of nitrogens with one attached hydrogen (secondary N) is 1. The number of fused-ring (bicyclic) bond motifs is 1. The maximum absolute atomic E-state index is 12.4. The van der Waals surface area contributed by atoms with Crippen LogP contribution in [0.1, 0.15) is 36.2 Å². The summed E-state index contributed by atoms with van der Waals surface area (Å²) in [4.78, 5) is 29.2. The number of aromatic nitrogens is 2. The first-order valence-electron chi connectivity index (χ1n) is 8.10. The van der Waals surface area contributed by atoms with E-state index in [1.165, 1.54) is 0 Å². The van der Waals surface area contributed by atoms with Gasteiger partial charge in [-0.05, 0) is 31.9 Å². The van der Waals surface area contributed by atoms with Gasteiger partial charge in [-0.1, -0.05) is 36.4 Å². The van der Waals surface area contributed by atoms with Crippen molar-refractivity contribution in [1.82, 2.24) is 9.55 Å². The SMILES string of the molecule is CCc1cc(=O)n2c(n1)SCC2CC(=O)Nc1ccc(C)cc1C. The van der Waals surface area contributed by atoms with Crippen LogP contribution < -0.4 is 10.9 Å². The molecule has 1 aromatic heterocycles. The molecule has 1 aliphatic rings. The smallest absolute Gasteiger partial charge is 0.254 e. The minimum Gasteiger partial charge on any atom is -0.326 e. The van der Waals surface area contributed by atoms with E-state index in [-0.39, 0.29) is 23.9 Å². The van der Waals surface area contributed by atoms with Gasteiger partial charge in [0.2, 0.25) is 5.91 Å². The Morgan fingerprint density at radius 2 is 2.17 bits per heavy atom. The van der Waals surface area contributed by atoms with Crippen molar-refractivity contribution in [3.63, 3.8) is 0 Å². The molecule has 2 aromatic rings. The fourth-order valence-electron chi connectivity index (χ4n) is 2.90. The van der Waals surface area contributed by atoms with Crippen LogP contribution >= 0.6 is 11.8 Å². The van der Waals surface area contributed by atoms with E-state index in [1.807, 2.05) is 39.0 Å². The Hall–Kier alpha value is -2.08. The number of hydrogen-bond acceptors (Lipinski definition) is 4. The maximum Gasteiger partial charge on any atom is 0.254 e. The second-order valence-corrected chi connectivity index (χ2v) is 7.11. The average molecular weight is 343 g/mol. The van der Waals surface area contributed by atoms with Crippen molar-refractivity contribution in [2.75, 3.05) is 11.1 Å². The highest BCUT2D eigenvalue weighted by Gasteiger charge is 2.27. The van der Waals surface area contributed by atoms with Gasteiger partial charge in [-0.2, -0.15) is 0 Å². The zero-order chi connectivity index (χ0) is 17.3. The topological polar surface area (TPSA) is 64.0 Å². The number of rotatable bonds is 4. The van der Waals surface area contributed by atoms with E-state index >= 15 is 0 Å². The molecule has 1 N–H and O–H groups in total. The van der Waals surface area contributed by atoms with Crippen molar-refractivity contribution in [2.45, 2.75) is 44.8 Å². The average Bonchev–Trinajstić information content (AvgIpc) is 2.93. The Morgan fingerprint density at radius 3 is 2.88 bits per heavy atom. The van der Waals surface area contributed by atoms with Crippen molar-refractivity contribution in [3.05, 3.63) is 51.4 Å². The molecular formula is C18H21N3O2S. The van der Waals surface area contributed by atoms with Crippen molar-refractivity contribution in [1.29, 1.82) is 0 Å². The van der Waals surface area contributed by atoms with Gasteiger partial charge in [0.1, 0.15) is 0 Å². The van der Waals surface area contributed by atoms with Crippen LogP contribution in [-0.2, 0) is 11.2 Å². The van der Waals surface area contributed by atoms with Crippen molar-refractivity contribution in [2.24, 2.45) is 0 Å². The lowest BCUT2D eigenvalue weighted by Crippen LogP contribution is -2.27. The number of thioether (sulfide) groups is 1. The summed E-state index contributed by atoms with van der Waals surface area (Å²) in [5.41, 5.74) is 3.76. The molecule has 6 heteroatoms. The molecule has 1 atom stereocenters. The third kappa shape index (κ3) is 3.38. The molecule has 2 heterocycles. The van der Waals surface area contributed by atoms with Gasteiger partial charge in [-0.15, -0.1) is 0 Å². The zero-order valence-electron chi connectivity index (χ0n) is 14.1. The lowest BCUT2D eigenvalue weighted by Gasteiger charge is -2.14. The molecule has 1 aromatic carbocycles. The summed E-state index contributed by atoms with van der Waals surface area (Å²) >= 11 is 1.54. The fourth-order valence-corrected chi connectivity index (χ4v) is 4.07. The van der Waals surface area contributed by atoms with Gasteiger partial charge in [0.15, 0.2) is 5.16 Å². The van der Waals surface area contributed by atoms with E-state index in [1.54, 1.807) is 22.4 Å². The van der Waals surface area contributed by atoms with Crippen molar-refractivity contribution >= 4 is 23.4 Å². The van der Waals surface area contributed by atoms with Crippen LogP contribution in [0.4, 0.5) is 5.69 Å². The molecule has 24 heavy (non-hydrogen) atoms. The first-order valence-corrected chi connectivity index (χ1v) is 9.09. The molecule has 126 valence electrons. The lowest BCUT2D eigenvalue weighted by molar-refractivity contribution is -0.116. The van der Waals surface area contributed by atoms with Crippen LogP contribution in [0.5, 0.6) is 0 Å². The summed E-state index contributed by atoms with van der Waals surface area (Å²) in [6, 6.07) is 7.37. The van der Waals surface area contributed by atoms with E-state index in [0.29, 0.717) is 5.75 Å². The number of carbonyl (C=O) groups is 1. The maximum atomic E-state index is 12.4. The third-order valence-corrected chi connectivity index (χ3v) is 5.28. The molecule has 1 unspecified atom stereocenters. The van der Waals surface area contributed by atoms with Crippen LogP contribution in [0.3, 0.4) is 0 Å². The minimum atomic E-state index is -0.137. The van der Waals surface area contributed by atoms with E-state index < -0.39 is 0 Å². The summed E-state index contributed by atoms with van der Waals surface area (Å²) in [7, 11) is 0. The first kappa shape index (κ1) is 16.8. The summed E-state index contributed by atoms with van der Waals surface area (Å²) in [6.07, 6.45) is 1.02. The predicted octanol–water partition coefficient (Wildman–Crippen LogP) is 3.10. The molecule has 3 rings (SSSR count). The molecule has 1 amide bonds. The number of benzene rings is 1. The van der Waals surface area contributed by atoms with E-state index in [2.05, 4.69) is 10.3 Å². The summed E-state index contributed by atoms with van der Waals surface area (Å²) < 4.78 is 1.66. The van der Waals surface area contributed by atoms with Gasteiger partial charge in [-0.3, -0.25) is 14.2 Å². The molecular weight excluding hydrogens is 322 g/mol. The Bertz CT molecular complexity index is 845. The standard InChI is InChI=1S/C18H21N3O2S/c1-4-13-8-17(23)21-14(10-24-18(21)19-13)9-16(22)20-15-6-5-11(2)7-12(15)3/h5-8,14H,4,9-10H2,1-3H3,(H,20,22). The van der Waals surface area contributed by atoms with Crippen LogP contribution in [-0.4, -0.2) is 21.2 Å². The number of anilines is 1. The van der Waals surface area contributed by atoms with Gasteiger partial charge < -0.3 is 5.32 Å². The highest BCUT2D eigenvalue weighted by atomic mass is 32.2. The Balaban J connectivity index is 1.74. The second kappa shape index (κ2) is 6.81. The zero-order valence-corrected chi connectivity index (χ0v) is 14.9. The first-order chi connectivity index (χ1) is 11.5. The quantitative estimate of drug-likeness (QED) is 0.867. The number of carbonyl (C=O) groups excluding carboxylic acids is 1. The van der Waals surface area contributed by atoms with E-state index in [4.69, 9.17) is 0 Å². The summed E-state index contributed by atoms with van der Waals surface area (Å²) in [6.45, 7) is 5.98. The Morgan fingerprint density at radius 1 is 1.38 bits per heavy atom. The number of hydrogen-bond donors (Lipinski definition) is 1. The Kier molecular flexibility index (Phi) is 4.76. The monoisotopic (exact) mass is 343 g/mol. The van der Waals surface area contributed by atoms with Gasteiger partial charge >= 0.3 is 0 Å². The van der Waals surface area contributed by atoms with Crippen molar-refractivity contribution in [3.8, 4) is 0 Å². The second-order valence-electron chi connectivity index (χ2n) is 6.13. The van der Waals surface area contributed by atoms with Gasteiger partial charge in [0.25, 0.3) is 5.56 Å². The summed E-state index contributed by atoms with van der Waals surface area (Å²) in [5, 5.41) is 3.68. The molecule has 0 spiro atoms. The van der Waals surface area contributed by atoms with Crippen LogP contribution in [0.25, 0.3) is 0 Å². The predicted molar refractivity (Wildman–Crippen MR) is 96.8 cm³/mol. The van der Waals surface area contributed by atoms with Gasteiger partial charge in [-0.25, -0.2) is 4.98 Å². The van der Waals surface area contributed by atoms with Crippen molar-refractivity contribution < 1.29 is 4.79 Å². The van der Waals surface area contributed by atoms with Gasteiger partial charge in [0.05, 0.1) is 6.04 Å². The molecule has 1 aliphatic heterocycles. The minimum absolute atomic E-state index is 0.0637. The highest BCUT2D eigenvalue weighted by Crippen LogP contribution is 2.32. The number of nitrogens with zero attached hydrogens (tertiary/aromatic N) is 2. The van der Waals surface area contributed by atoms with Crippen LogP contribution in [0.2, 0.25) is 0 Å². The molecule has 0 fully saturated rings. The molecule has 0 bridgehead atoms. The third-order valence-electron chi connectivity index (χ3n) is 4.18. The normalized spacial score (nSPS) is 16.0. The van der Waals surface area contributed by atoms with Crippen LogP contribution in [0, 0.1) is 13.8 Å². The van der Waals surface area contributed by atoms with E-state index in [9.17, 15) is 9.59 Å². The fraction of sp³-hybridized carbons (Fsp3) is 0.389. The summed E-state index contributed by atoms with van der Waals surface area (Å²) in [5.74, 6) is 0.627. The molecule has 5 nitrogen and oxygen atoms in total. The largest absolute Gasteiger partial charge is 0.326 e. The number of aryl methyl sites for hydroxylation is 3.